The van der Waals surface area contributed by atoms with Gasteiger partial charge in [-0.3, -0.25) is 9.59 Å². The van der Waals surface area contributed by atoms with Gasteiger partial charge in [0.05, 0.1) is 6.42 Å². The first kappa shape index (κ1) is 11.0. The summed E-state index contributed by atoms with van der Waals surface area (Å²) in [6, 6.07) is 0. The zero-order valence-corrected chi connectivity index (χ0v) is 8.29. The maximum atomic E-state index is 11.5. The van der Waals surface area contributed by atoms with E-state index in [2.05, 4.69) is 5.32 Å². The summed E-state index contributed by atoms with van der Waals surface area (Å²) in [4.78, 5) is 21.7. The molecule has 1 aliphatic rings. The van der Waals surface area contributed by atoms with Crippen LogP contribution >= 0.6 is 0 Å². The van der Waals surface area contributed by atoms with E-state index < -0.39 is 5.97 Å². The number of rotatable bonds is 4. The second-order valence-corrected chi connectivity index (χ2v) is 3.77. The fourth-order valence-corrected chi connectivity index (χ4v) is 1.80. The van der Waals surface area contributed by atoms with Gasteiger partial charge < -0.3 is 10.4 Å². The molecule has 0 aliphatic heterocycles. The SMILES string of the molecule is O=C(NCC[14C](=O)O)C1CCCCC1. The highest BCUT2D eigenvalue weighted by molar-refractivity contribution is 5.79. The largest absolute Gasteiger partial charge is 0.481 e. The summed E-state index contributed by atoms with van der Waals surface area (Å²) < 4.78 is 0. The zero-order valence-electron chi connectivity index (χ0n) is 8.29. The Morgan fingerprint density at radius 3 is 2.57 bits per heavy atom. The zero-order chi connectivity index (χ0) is 10.4. The molecule has 0 aromatic heterocycles. The Hall–Kier alpha value is -1.06. The molecule has 4 nitrogen and oxygen atoms in total. The van der Waals surface area contributed by atoms with Crippen LogP contribution in [0.3, 0.4) is 0 Å². The van der Waals surface area contributed by atoms with Crippen LogP contribution in [0.2, 0.25) is 0 Å². The number of carbonyl (C=O) groups is 2. The van der Waals surface area contributed by atoms with E-state index >= 15 is 0 Å². The third kappa shape index (κ3) is 3.77. The van der Waals surface area contributed by atoms with Gasteiger partial charge in [-0.1, -0.05) is 19.3 Å². The second-order valence-electron chi connectivity index (χ2n) is 3.77. The van der Waals surface area contributed by atoms with Gasteiger partial charge in [0.2, 0.25) is 5.91 Å². The van der Waals surface area contributed by atoms with Crippen LogP contribution in [0.25, 0.3) is 0 Å². The number of hydrogen-bond acceptors (Lipinski definition) is 2. The Bertz CT molecular complexity index is 209. The van der Waals surface area contributed by atoms with Gasteiger partial charge in [-0.15, -0.1) is 0 Å². The van der Waals surface area contributed by atoms with Gasteiger partial charge in [-0.05, 0) is 12.8 Å². The molecule has 0 aromatic carbocycles. The molecule has 0 saturated heterocycles. The molecule has 0 spiro atoms. The third-order valence-corrected chi connectivity index (χ3v) is 2.61. The lowest BCUT2D eigenvalue weighted by Gasteiger charge is -2.20. The second kappa shape index (κ2) is 5.62. The number of aliphatic carboxylic acids is 1. The Morgan fingerprint density at radius 2 is 2.00 bits per heavy atom. The van der Waals surface area contributed by atoms with Crippen molar-refractivity contribution in [2.75, 3.05) is 6.54 Å². The number of carboxylic acid groups (broad SMARTS) is 1. The van der Waals surface area contributed by atoms with E-state index in [9.17, 15) is 9.59 Å². The highest BCUT2D eigenvalue weighted by atomic mass is 16.6. The maximum Gasteiger partial charge on any atom is 0.305 e. The van der Waals surface area contributed by atoms with E-state index in [1.165, 1.54) is 6.42 Å². The summed E-state index contributed by atoms with van der Waals surface area (Å²) in [5.41, 5.74) is 0. The highest BCUT2D eigenvalue weighted by Gasteiger charge is 2.20. The van der Waals surface area contributed by atoms with Gasteiger partial charge in [0.25, 0.3) is 0 Å². The molecule has 1 amide bonds. The quantitative estimate of drug-likeness (QED) is 0.717. The van der Waals surface area contributed by atoms with E-state index in [0.717, 1.165) is 25.7 Å². The van der Waals surface area contributed by atoms with Crippen LogP contribution in [0, 0.1) is 5.92 Å². The van der Waals surface area contributed by atoms with E-state index in [1.807, 2.05) is 0 Å². The number of carboxylic acids is 1. The van der Waals surface area contributed by atoms with Crippen molar-refractivity contribution in [2.24, 2.45) is 5.92 Å². The average Bonchev–Trinajstić information content (AvgIpc) is 2.18. The van der Waals surface area contributed by atoms with Crippen molar-refractivity contribution >= 4 is 11.9 Å². The fourth-order valence-electron chi connectivity index (χ4n) is 1.80. The molecule has 0 bridgehead atoms. The van der Waals surface area contributed by atoms with Crippen LogP contribution in [0.15, 0.2) is 0 Å². The summed E-state index contributed by atoms with van der Waals surface area (Å²) in [7, 11) is 0. The Kier molecular flexibility index (Phi) is 4.43. The molecule has 0 heterocycles. The smallest absolute Gasteiger partial charge is 0.305 e. The maximum absolute atomic E-state index is 11.5. The van der Waals surface area contributed by atoms with Gasteiger partial charge in [0.1, 0.15) is 0 Å². The monoisotopic (exact) mass is 201 g/mol. The molecule has 1 fully saturated rings. The summed E-state index contributed by atoms with van der Waals surface area (Å²) >= 11 is 0. The topological polar surface area (TPSA) is 66.4 Å². The molecule has 2 N–H and O–H groups in total. The molecular formula is C10H17NO3. The van der Waals surface area contributed by atoms with Crippen LogP contribution in [-0.2, 0) is 9.59 Å². The van der Waals surface area contributed by atoms with E-state index in [1.54, 1.807) is 0 Å². The number of carbonyl (C=O) groups excluding carboxylic acids is 1. The molecule has 14 heavy (non-hydrogen) atoms. The Morgan fingerprint density at radius 1 is 1.36 bits per heavy atom. The predicted molar refractivity (Wildman–Crippen MR) is 51.8 cm³/mol. The third-order valence-electron chi connectivity index (χ3n) is 2.61. The minimum absolute atomic E-state index is 0.0124. The van der Waals surface area contributed by atoms with Crippen LogP contribution in [0.4, 0.5) is 0 Å². The van der Waals surface area contributed by atoms with Crippen molar-refractivity contribution in [2.45, 2.75) is 38.5 Å². The molecule has 4 heteroatoms. The standard InChI is InChI=1S/C10H17NO3/c12-9(13)6-7-11-10(14)8-4-2-1-3-5-8/h8H,1-7H2,(H,11,14)(H,12,13)/i9+2. The van der Waals surface area contributed by atoms with Crippen molar-refractivity contribution in [1.29, 1.82) is 0 Å². The van der Waals surface area contributed by atoms with Crippen LogP contribution < -0.4 is 5.32 Å². The normalized spacial score (nSPS) is 17.7. The van der Waals surface area contributed by atoms with E-state index in [4.69, 9.17) is 5.11 Å². The first-order chi connectivity index (χ1) is 6.70. The Balaban J connectivity index is 2.16. The number of amides is 1. The van der Waals surface area contributed by atoms with E-state index in [0.29, 0.717) is 0 Å². The van der Waals surface area contributed by atoms with Gasteiger partial charge in [0, 0.05) is 12.5 Å². The number of nitrogens with one attached hydrogen (secondary N) is 1. The molecule has 1 saturated carbocycles. The van der Waals surface area contributed by atoms with Gasteiger partial charge in [-0.2, -0.15) is 0 Å². The van der Waals surface area contributed by atoms with Crippen molar-refractivity contribution in [3.63, 3.8) is 0 Å². The van der Waals surface area contributed by atoms with Crippen molar-refractivity contribution in [3.05, 3.63) is 0 Å². The van der Waals surface area contributed by atoms with Crippen LogP contribution in [0.1, 0.15) is 38.5 Å². The summed E-state index contributed by atoms with van der Waals surface area (Å²) in [5.74, 6) is -0.711. The average molecular weight is 201 g/mol. The summed E-state index contributed by atoms with van der Waals surface area (Å²) in [6.45, 7) is 0.255. The molecule has 0 aromatic rings. The van der Waals surface area contributed by atoms with Crippen LogP contribution in [0.5, 0.6) is 0 Å². The van der Waals surface area contributed by atoms with Crippen molar-refractivity contribution in [3.8, 4) is 0 Å². The lowest BCUT2D eigenvalue weighted by Crippen LogP contribution is -2.33. The van der Waals surface area contributed by atoms with Gasteiger partial charge in [-0.25, -0.2) is 0 Å². The lowest BCUT2D eigenvalue weighted by atomic mass is 9.89. The molecule has 1 aliphatic carbocycles. The number of hydrogen-bond donors (Lipinski definition) is 2. The first-order valence-electron chi connectivity index (χ1n) is 5.19. The fraction of sp³-hybridized carbons (Fsp3) is 0.800. The lowest BCUT2D eigenvalue weighted by molar-refractivity contribution is -0.137. The molecule has 0 atom stereocenters. The molecule has 1 rings (SSSR count). The summed E-state index contributed by atoms with van der Waals surface area (Å²) in [5, 5.41) is 11.0. The summed E-state index contributed by atoms with van der Waals surface area (Å²) in [6.07, 6.45) is 5.39. The first-order valence-corrected chi connectivity index (χ1v) is 5.19. The predicted octanol–water partition coefficient (Wildman–Crippen LogP) is 1.16. The van der Waals surface area contributed by atoms with E-state index in [-0.39, 0.29) is 24.8 Å². The highest BCUT2D eigenvalue weighted by Crippen LogP contribution is 2.23. The van der Waals surface area contributed by atoms with Gasteiger partial charge in [0.15, 0.2) is 0 Å². The molecule has 0 unspecified atom stereocenters. The molecular weight excluding hydrogens is 184 g/mol. The minimum atomic E-state index is -0.867. The molecule has 80 valence electrons. The minimum Gasteiger partial charge on any atom is -0.481 e. The molecule has 0 radical (unpaired) electrons. The Labute approximate surface area is 83.7 Å². The van der Waals surface area contributed by atoms with Crippen molar-refractivity contribution in [1.82, 2.24) is 5.32 Å². The van der Waals surface area contributed by atoms with Crippen molar-refractivity contribution < 1.29 is 14.7 Å². The van der Waals surface area contributed by atoms with Crippen LogP contribution in [-0.4, -0.2) is 23.5 Å². The van der Waals surface area contributed by atoms with Gasteiger partial charge >= 0.3 is 5.97 Å².